The Labute approximate surface area is 166 Å². The van der Waals surface area contributed by atoms with Gasteiger partial charge >= 0.3 is 0 Å². The number of piperidine rings is 1. The maximum Gasteiger partial charge on any atom is 0.241 e. The van der Waals surface area contributed by atoms with E-state index in [-0.39, 0.29) is 11.8 Å². The van der Waals surface area contributed by atoms with Gasteiger partial charge in [-0.05, 0) is 45.2 Å². The molecule has 0 radical (unpaired) electrons. The molecule has 1 aromatic carbocycles. The highest BCUT2D eigenvalue weighted by atomic mass is 16.5. The molecule has 1 aliphatic heterocycles. The second-order valence-electron chi connectivity index (χ2n) is 8.30. The Hall–Kier alpha value is -2.21. The van der Waals surface area contributed by atoms with Crippen LogP contribution in [0.2, 0.25) is 0 Å². The van der Waals surface area contributed by atoms with Crippen LogP contribution in [0.5, 0.6) is 0 Å². The Morgan fingerprint density at radius 3 is 2.89 bits per heavy atom. The lowest BCUT2D eigenvalue weighted by atomic mass is 9.93. The smallest absolute Gasteiger partial charge is 0.241 e. The van der Waals surface area contributed by atoms with Crippen molar-refractivity contribution in [1.29, 1.82) is 0 Å². The van der Waals surface area contributed by atoms with Gasteiger partial charge in [-0.1, -0.05) is 48.2 Å². The molecule has 2 fully saturated rings. The molecular formula is C22H30N4O2. The third-order valence-electron chi connectivity index (χ3n) is 5.93. The van der Waals surface area contributed by atoms with Crippen molar-refractivity contribution < 1.29 is 9.32 Å². The molecule has 150 valence electrons. The van der Waals surface area contributed by atoms with E-state index in [1.54, 1.807) is 0 Å². The second kappa shape index (κ2) is 8.86. The highest BCUT2D eigenvalue weighted by molar-refractivity contribution is 5.79. The average molecular weight is 383 g/mol. The largest absolute Gasteiger partial charge is 0.353 e. The summed E-state index contributed by atoms with van der Waals surface area (Å²) in [6.45, 7) is 4.39. The monoisotopic (exact) mass is 382 g/mol. The van der Waals surface area contributed by atoms with Crippen LogP contribution < -0.4 is 5.32 Å². The molecule has 1 amide bonds. The number of nitrogens with zero attached hydrogens (tertiary/aromatic N) is 3. The standard InChI is InChI=1S/C22H30N4O2/c1-16-7-5-8-17(13-16)21-24-20(28-25-21)15-26-12-6-9-18(14-26)22(27)23-19-10-3-2-4-11-19/h5,7-8,13,18-19H,2-4,6,9-12,14-15H2,1H3,(H,23,27). The highest BCUT2D eigenvalue weighted by Gasteiger charge is 2.28. The number of rotatable bonds is 5. The Morgan fingerprint density at radius 2 is 2.07 bits per heavy atom. The molecule has 1 atom stereocenters. The molecule has 1 aromatic heterocycles. The van der Waals surface area contributed by atoms with Crippen LogP contribution in [0.4, 0.5) is 0 Å². The molecule has 1 aliphatic carbocycles. The molecule has 6 heteroatoms. The van der Waals surface area contributed by atoms with Gasteiger partial charge in [0.15, 0.2) is 0 Å². The molecule has 2 aromatic rings. The fraction of sp³-hybridized carbons (Fsp3) is 0.591. The van der Waals surface area contributed by atoms with Gasteiger partial charge in [-0.15, -0.1) is 0 Å². The van der Waals surface area contributed by atoms with Crippen molar-refractivity contribution in [2.24, 2.45) is 5.92 Å². The first kappa shape index (κ1) is 19.1. The first-order valence-corrected chi connectivity index (χ1v) is 10.6. The van der Waals surface area contributed by atoms with Gasteiger partial charge < -0.3 is 9.84 Å². The van der Waals surface area contributed by atoms with E-state index in [0.717, 1.165) is 44.3 Å². The summed E-state index contributed by atoms with van der Waals surface area (Å²) >= 11 is 0. The van der Waals surface area contributed by atoms with Gasteiger partial charge in [0.2, 0.25) is 17.6 Å². The van der Waals surface area contributed by atoms with Crippen molar-refractivity contribution in [2.75, 3.05) is 13.1 Å². The first-order chi connectivity index (χ1) is 13.7. The number of likely N-dealkylation sites (tertiary alicyclic amines) is 1. The summed E-state index contributed by atoms with van der Waals surface area (Å²) in [6.07, 6.45) is 8.04. The van der Waals surface area contributed by atoms with E-state index in [1.807, 2.05) is 12.1 Å². The maximum absolute atomic E-state index is 12.7. The van der Waals surface area contributed by atoms with Crippen LogP contribution >= 0.6 is 0 Å². The molecular weight excluding hydrogens is 352 g/mol. The summed E-state index contributed by atoms with van der Waals surface area (Å²) in [7, 11) is 0. The van der Waals surface area contributed by atoms with Crippen molar-refractivity contribution >= 4 is 5.91 Å². The highest BCUT2D eigenvalue weighted by Crippen LogP contribution is 2.22. The molecule has 1 unspecified atom stereocenters. The Balaban J connectivity index is 1.33. The molecule has 6 nitrogen and oxygen atoms in total. The molecule has 28 heavy (non-hydrogen) atoms. The SMILES string of the molecule is Cc1cccc(-c2noc(CN3CCCC(C(=O)NC4CCCCC4)C3)n2)c1. The number of hydrogen-bond donors (Lipinski definition) is 1. The second-order valence-corrected chi connectivity index (χ2v) is 8.30. The number of carbonyl (C=O) groups excluding carboxylic acids is 1. The van der Waals surface area contributed by atoms with E-state index >= 15 is 0 Å². The molecule has 1 N–H and O–H groups in total. The summed E-state index contributed by atoms with van der Waals surface area (Å²) in [5.74, 6) is 1.53. The van der Waals surface area contributed by atoms with Gasteiger partial charge in [0, 0.05) is 18.2 Å². The van der Waals surface area contributed by atoms with Crippen molar-refractivity contribution in [3.8, 4) is 11.4 Å². The van der Waals surface area contributed by atoms with Gasteiger partial charge in [0.05, 0.1) is 12.5 Å². The number of aromatic nitrogens is 2. The zero-order valence-electron chi connectivity index (χ0n) is 16.7. The van der Waals surface area contributed by atoms with Crippen LogP contribution in [0.3, 0.4) is 0 Å². The van der Waals surface area contributed by atoms with Crippen LogP contribution in [-0.2, 0) is 11.3 Å². The predicted molar refractivity (Wildman–Crippen MR) is 107 cm³/mol. The maximum atomic E-state index is 12.7. The van der Waals surface area contributed by atoms with E-state index in [4.69, 9.17) is 4.52 Å². The number of amides is 1. The molecule has 2 aliphatic rings. The lowest BCUT2D eigenvalue weighted by Crippen LogP contribution is -2.46. The third-order valence-corrected chi connectivity index (χ3v) is 5.93. The van der Waals surface area contributed by atoms with Crippen LogP contribution in [0.1, 0.15) is 56.4 Å². The zero-order valence-corrected chi connectivity index (χ0v) is 16.7. The van der Waals surface area contributed by atoms with Gasteiger partial charge in [-0.25, -0.2) is 0 Å². The molecule has 1 saturated heterocycles. The van der Waals surface area contributed by atoms with Crippen LogP contribution in [0.25, 0.3) is 11.4 Å². The van der Waals surface area contributed by atoms with Crippen molar-refractivity contribution in [3.05, 3.63) is 35.7 Å². The number of aryl methyl sites for hydroxylation is 1. The topological polar surface area (TPSA) is 71.3 Å². The summed E-state index contributed by atoms with van der Waals surface area (Å²) in [5, 5.41) is 7.42. The molecule has 1 saturated carbocycles. The van der Waals surface area contributed by atoms with Gasteiger partial charge in [-0.2, -0.15) is 4.98 Å². The third kappa shape index (κ3) is 4.79. The number of benzene rings is 1. The van der Waals surface area contributed by atoms with Crippen LogP contribution in [0, 0.1) is 12.8 Å². The number of nitrogens with one attached hydrogen (secondary N) is 1. The van der Waals surface area contributed by atoms with E-state index in [1.165, 1.54) is 24.8 Å². The van der Waals surface area contributed by atoms with E-state index in [0.29, 0.717) is 24.3 Å². The lowest BCUT2D eigenvalue weighted by molar-refractivity contribution is -0.127. The summed E-state index contributed by atoms with van der Waals surface area (Å²) in [4.78, 5) is 19.5. The number of hydrogen-bond acceptors (Lipinski definition) is 5. The summed E-state index contributed by atoms with van der Waals surface area (Å²) in [6, 6.07) is 8.48. The Morgan fingerprint density at radius 1 is 1.21 bits per heavy atom. The minimum absolute atomic E-state index is 0.0647. The van der Waals surface area contributed by atoms with Crippen LogP contribution in [0.15, 0.2) is 28.8 Å². The lowest BCUT2D eigenvalue weighted by Gasteiger charge is -2.32. The minimum atomic E-state index is 0.0647. The normalized spacial score (nSPS) is 21.5. The Bertz CT molecular complexity index is 797. The molecule has 0 bridgehead atoms. The van der Waals surface area contributed by atoms with Gasteiger partial charge in [0.25, 0.3) is 0 Å². The molecule has 4 rings (SSSR count). The zero-order chi connectivity index (χ0) is 19.3. The fourth-order valence-corrected chi connectivity index (χ4v) is 4.39. The molecule has 2 heterocycles. The summed E-state index contributed by atoms with van der Waals surface area (Å²) < 4.78 is 5.48. The fourth-order valence-electron chi connectivity index (χ4n) is 4.39. The van der Waals surface area contributed by atoms with Crippen LogP contribution in [-0.4, -0.2) is 40.1 Å². The minimum Gasteiger partial charge on any atom is -0.353 e. The van der Waals surface area contributed by atoms with Gasteiger partial charge in [0.1, 0.15) is 0 Å². The average Bonchev–Trinajstić information content (AvgIpc) is 3.17. The van der Waals surface area contributed by atoms with Crippen molar-refractivity contribution in [1.82, 2.24) is 20.4 Å². The quantitative estimate of drug-likeness (QED) is 0.854. The first-order valence-electron chi connectivity index (χ1n) is 10.6. The van der Waals surface area contributed by atoms with E-state index < -0.39 is 0 Å². The summed E-state index contributed by atoms with van der Waals surface area (Å²) in [5.41, 5.74) is 2.14. The van der Waals surface area contributed by atoms with Gasteiger partial charge in [-0.3, -0.25) is 9.69 Å². The van der Waals surface area contributed by atoms with E-state index in [9.17, 15) is 4.79 Å². The predicted octanol–water partition coefficient (Wildman–Crippen LogP) is 3.71. The van der Waals surface area contributed by atoms with Crippen molar-refractivity contribution in [2.45, 2.75) is 64.5 Å². The Kier molecular flexibility index (Phi) is 6.05. The molecule has 0 spiro atoms. The number of carbonyl (C=O) groups is 1. The van der Waals surface area contributed by atoms with E-state index in [2.05, 4.69) is 39.4 Å². The van der Waals surface area contributed by atoms with Crippen molar-refractivity contribution in [3.63, 3.8) is 0 Å².